The third kappa shape index (κ3) is 4.20. The van der Waals surface area contributed by atoms with Crippen molar-refractivity contribution in [3.05, 3.63) is 70.5 Å². The second-order valence-corrected chi connectivity index (χ2v) is 9.59. The van der Waals surface area contributed by atoms with Crippen LogP contribution in [0.5, 0.6) is 11.5 Å². The van der Waals surface area contributed by atoms with Gasteiger partial charge in [0.25, 0.3) is 5.91 Å². The number of benzene rings is 2. The van der Waals surface area contributed by atoms with Crippen molar-refractivity contribution in [1.29, 1.82) is 0 Å². The van der Waals surface area contributed by atoms with Crippen molar-refractivity contribution in [2.75, 3.05) is 25.3 Å². The van der Waals surface area contributed by atoms with Crippen LogP contribution in [0, 0.1) is 6.92 Å². The Morgan fingerprint density at radius 3 is 2.49 bits per heavy atom. The van der Waals surface area contributed by atoms with Gasteiger partial charge < -0.3 is 15.2 Å². The van der Waals surface area contributed by atoms with E-state index in [1.54, 1.807) is 14.2 Å². The number of fused-ring (bicyclic) bond motifs is 1. The number of nitrogens with zero attached hydrogens (tertiary/aromatic N) is 2. The van der Waals surface area contributed by atoms with Crippen LogP contribution in [0.25, 0.3) is 32.6 Å². The Labute approximate surface area is 210 Å². The molecule has 0 fully saturated rings. The number of thiazole rings is 1. The van der Waals surface area contributed by atoms with Gasteiger partial charge in [0.15, 0.2) is 16.6 Å². The van der Waals surface area contributed by atoms with Gasteiger partial charge in [0.2, 0.25) is 0 Å². The molecule has 176 valence electrons. The Hall–Kier alpha value is -3.95. The van der Waals surface area contributed by atoms with E-state index in [9.17, 15) is 4.79 Å². The van der Waals surface area contributed by atoms with Gasteiger partial charge in [-0.15, -0.1) is 22.7 Å². The lowest BCUT2D eigenvalue weighted by Crippen LogP contribution is -2.11. The molecule has 3 heterocycles. The maximum Gasteiger partial charge on any atom is 0.269 e. The Bertz CT molecular complexity index is 1540. The molecule has 0 aliphatic carbocycles. The molecule has 35 heavy (non-hydrogen) atoms. The second-order valence-electron chi connectivity index (χ2n) is 7.74. The number of thiophene rings is 1. The summed E-state index contributed by atoms with van der Waals surface area (Å²) in [6.45, 7) is 1.88. The monoisotopic (exact) mass is 502 g/mol. The number of hydrogen-bond acceptors (Lipinski definition) is 8. The number of aryl methyl sites for hydroxylation is 1. The van der Waals surface area contributed by atoms with Crippen molar-refractivity contribution in [2.45, 2.75) is 6.92 Å². The van der Waals surface area contributed by atoms with Crippen LogP contribution in [0.3, 0.4) is 0 Å². The smallest absolute Gasteiger partial charge is 0.269 e. The summed E-state index contributed by atoms with van der Waals surface area (Å²) in [6, 6.07) is 17.5. The molecule has 0 aliphatic rings. The predicted octanol–water partition coefficient (Wildman–Crippen LogP) is 6.25. The van der Waals surface area contributed by atoms with Crippen molar-refractivity contribution >= 4 is 49.6 Å². The number of para-hydroxylation sites is 1. The Kier molecular flexibility index (Phi) is 6.10. The number of nitrogens with one attached hydrogen (secondary N) is 1. The zero-order chi connectivity index (χ0) is 24.5. The first kappa shape index (κ1) is 22.8. The van der Waals surface area contributed by atoms with E-state index in [0.29, 0.717) is 37.4 Å². The minimum Gasteiger partial charge on any atom is -0.493 e. The minimum atomic E-state index is -0.315. The summed E-state index contributed by atoms with van der Waals surface area (Å²) in [4.78, 5) is 23.4. The quantitative estimate of drug-likeness (QED) is 0.285. The topological polar surface area (TPSA) is 99.4 Å². The number of aromatic nitrogens is 2. The number of ether oxygens (including phenoxy) is 2. The molecule has 0 saturated carbocycles. The van der Waals surface area contributed by atoms with Gasteiger partial charge in [0.1, 0.15) is 9.71 Å². The molecule has 2 aromatic carbocycles. The Morgan fingerprint density at radius 1 is 1.00 bits per heavy atom. The van der Waals surface area contributed by atoms with Crippen LogP contribution >= 0.6 is 22.7 Å². The van der Waals surface area contributed by atoms with E-state index >= 15 is 0 Å². The molecule has 1 amide bonds. The zero-order valence-electron chi connectivity index (χ0n) is 19.3. The third-order valence-electron chi connectivity index (χ3n) is 5.51. The number of methoxy groups -OCH3 is 2. The van der Waals surface area contributed by atoms with Crippen LogP contribution in [0.2, 0.25) is 0 Å². The fourth-order valence-corrected chi connectivity index (χ4v) is 5.62. The van der Waals surface area contributed by atoms with Crippen molar-refractivity contribution in [3.8, 4) is 33.9 Å². The van der Waals surface area contributed by atoms with E-state index in [-0.39, 0.29) is 5.91 Å². The van der Waals surface area contributed by atoms with Gasteiger partial charge in [-0.05, 0) is 19.1 Å². The molecule has 0 unspecified atom stereocenters. The second kappa shape index (κ2) is 9.36. The van der Waals surface area contributed by atoms with Gasteiger partial charge in [-0.2, -0.15) is 0 Å². The number of rotatable bonds is 6. The maximum absolute atomic E-state index is 13.2. The average molecular weight is 503 g/mol. The van der Waals surface area contributed by atoms with Crippen molar-refractivity contribution in [2.24, 2.45) is 0 Å². The normalized spacial score (nSPS) is 10.9. The predicted molar refractivity (Wildman–Crippen MR) is 143 cm³/mol. The summed E-state index contributed by atoms with van der Waals surface area (Å²) in [5.41, 5.74) is 11.1. The van der Waals surface area contributed by atoms with Crippen molar-refractivity contribution in [3.63, 3.8) is 0 Å². The number of anilines is 2. The fourth-order valence-electron chi connectivity index (χ4n) is 3.92. The molecule has 5 aromatic rings. The SMILES string of the molecule is COc1cccc(-c2cc(-c3ccccc3)nc3sc(C(=O)Nc4nc(C)cs4)c(N)c23)c1OC. The number of carbonyl (C=O) groups excluding carboxylic acids is 1. The van der Waals surface area contributed by atoms with Gasteiger partial charge in [-0.1, -0.05) is 42.5 Å². The van der Waals surface area contributed by atoms with Crippen LogP contribution in [0.1, 0.15) is 15.4 Å². The molecular weight excluding hydrogens is 480 g/mol. The van der Waals surface area contributed by atoms with Crippen LogP contribution < -0.4 is 20.5 Å². The van der Waals surface area contributed by atoms with E-state index in [2.05, 4.69) is 10.3 Å². The molecule has 3 aromatic heterocycles. The van der Waals surface area contributed by atoms with Crippen LogP contribution in [0.4, 0.5) is 10.8 Å². The highest BCUT2D eigenvalue weighted by Crippen LogP contribution is 2.46. The van der Waals surface area contributed by atoms with Crippen LogP contribution in [-0.2, 0) is 0 Å². The maximum atomic E-state index is 13.2. The van der Waals surface area contributed by atoms with Gasteiger partial charge in [-0.3, -0.25) is 10.1 Å². The summed E-state index contributed by atoms with van der Waals surface area (Å²) in [7, 11) is 3.20. The molecule has 0 saturated heterocycles. The number of hydrogen-bond donors (Lipinski definition) is 2. The van der Waals surface area contributed by atoms with E-state index < -0.39 is 0 Å². The first-order chi connectivity index (χ1) is 17.0. The molecule has 3 N–H and O–H groups in total. The zero-order valence-corrected chi connectivity index (χ0v) is 20.9. The highest BCUT2D eigenvalue weighted by atomic mass is 32.1. The largest absolute Gasteiger partial charge is 0.493 e. The molecule has 5 rings (SSSR count). The van der Waals surface area contributed by atoms with Crippen molar-refractivity contribution in [1.82, 2.24) is 9.97 Å². The summed E-state index contributed by atoms with van der Waals surface area (Å²) in [5, 5.41) is 5.95. The summed E-state index contributed by atoms with van der Waals surface area (Å²) < 4.78 is 11.3. The van der Waals surface area contributed by atoms with Crippen LogP contribution in [-0.4, -0.2) is 30.1 Å². The number of nitrogen functional groups attached to an aromatic ring is 1. The molecule has 0 radical (unpaired) electrons. The first-order valence-electron chi connectivity index (χ1n) is 10.7. The fraction of sp³-hybridized carbons (Fsp3) is 0.115. The Balaban J connectivity index is 1.74. The summed E-state index contributed by atoms with van der Waals surface area (Å²) in [5.74, 6) is 0.864. The number of carbonyl (C=O) groups is 1. The van der Waals surface area contributed by atoms with Gasteiger partial charge in [0, 0.05) is 27.5 Å². The van der Waals surface area contributed by atoms with E-state index in [0.717, 1.165) is 28.1 Å². The molecule has 0 bridgehead atoms. The van der Waals surface area contributed by atoms with Gasteiger partial charge in [0.05, 0.1) is 31.3 Å². The van der Waals surface area contributed by atoms with Gasteiger partial charge >= 0.3 is 0 Å². The third-order valence-corrected chi connectivity index (χ3v) is 7.48. The summed E-state index contributed by atoms with van der Waals surface area (Å²) >= 11 is 2.62. The van der Waals surface area contributed by atoms with E-state index in [1.165, 1.54) is 22.7 Å². The number of amides is 1. The van der Waals surface area contributed by atoms with E-state index in [4.69, 9.17) is 20.2 Å². The lowest BCUT2D eigenvalue weighted by Gasteiger charge is -2.15. The minimum absolute atomic E-state index is 0.315. The molecule has 0 spiro atoms. The van der Waals surface area contributed by atoms with Gasteiger partial charge in [-0.25, -0.2) is 9.97 Å². The van der Waals surface area contributed by atoms with Crippen LogP contribution in [0.15, 0.2) is 60.0 Å². The lowest BCUT2D eigenvalue weighted by atomic mass is 9.98. The number of nitrogens with two attached hydrogens (primary N) is 1. The summed E-state index contributed by atoms with van der Waals surface area (Å²) in [6.07, 6.45) is 0. The molecule has 0 aliphatic heterocycles. The highest BCUT2D eigenvalue weighted by molar-refractivity contribution is 7.21. The first-order valence-corrected chi connectivity index (χ1v) is 12.4. The standard InChI is InChI=1S/C26H22N4O3S2/c1-14-13-34-26(28-14)30-24(31)23-21(27)20-17(16-10-7-11-19(32-2)22(16)33-3)12-18(29-25(20)35-23)15-8-5-4-6-9-15/h4-13H,27H2,1-3H3,(H,28,30,31). The molecule has 7 nitrogen and oxygen atoms in total. The molecule has 9 heteroatoms. The number of pyridine rings is 1. The lowest BCUT2D eigenvalue weighted by molar-refractivity contribution is 0.103. The highest BCUT2D eigenvalue weighted by Gasteiger charge is 2.24. The average Bonchev–Trinajstić information content (AvgIpc) is 3.45. The van der Waals surface area contributed by atoms with E-state index in [1.807, 2.05) is 66.9 Å². The van der Waals surface area contributed by atoms with Crippen molar-refractivity contribution < 1.29 is 14.3 Å². The molecule has 0 atom stereocenters. The molecular formula is C26H22N4O3S2. The Morgan fingerprint density at radius 2 is 1.80 bits per heavy atom.